The van der Waals surface area contributed by atoms with E-state index in [0.717, 1.165) is 37.6 Å². The lowest BCUT2D eigenvalue weighted by Gasteiger charge is -2.31. The van der Waals surface area contributed by atoms with Crippen LogP contribution in [0, 0.1) is 0 Å². The van der Waals surface area contributed by atoms with Gasteiger partial charge in [0.05, 0.1) is 13.7 Å². The second-order valence-electron chi connectivity index (χ2n) is 5.78. The lowest BCUT2D eigenvalue weighted by Crippen LogP contribution is -2.44. The van der Waals surface area contributed by atoms with Crippen LogP contribution in [0.4, 0.5) is 0 Å². The van der Waals surface area contributed by atoms with Crippen LogP contribution in [0.2, 0.25) is 0 Å². The minimum absolute atomic E-state index is 0.553. The molecule has 1 N–H and O–H groups in total. The maximum Gasteiger partial charge on any atom is 0.218 e. The summed E-state index contributed by atoms with van der Waals surface area (Å²) in [5.74, 6) is 1.58. The molecule has 0 unspecified atom stereocenters. The monoisotopic (exact) mass is 324 g/mol. The van der Waals surface area contributed by atoms with Gasteiger partial charge in [0.2, 0.25) is 5.88 Å². The van der Waals surface area contributed by atoms with Crippen molar-refractivity contribution < 1.29 is 4.74 Å². The Morgan fingerprint density at radius 2 is 2.08 bits per heavy atom. The predicted octanol–water partition coefficient (Wildman–Crippen LogP) is 2.61. The third kappa shape index (κ3) is 3.67. The number of guanidine groups is 1. The summed E-state index contributed by atoms with van der Waals surface area (Å²) in [5, 5.41) is 3.41. The summed E-state index contributed by atoms with van der Waals surface area (Å²) in [6.45, 7) is 5.37. The molecule has 0 saturated carbocycles. The molecular weight excluding hydrogens is 300 g/mol. The van der Waals surface area contributed by atoms with Crippen LogP contribution in [-0.4, -0.2) is 36.0 Å². The number of rotatable bonds is 4. The van der Waals surface area contributed by atoms with Crippen LogP contribution in [0.3, 0.4) is 0 Å². The fraction of sp³-hybridized carbons (Fsp3) is 0.368. The van der Waals surface area contributed by atoms with Gasteiger partial charge in [0.1, 0.15) is 0 Å². The number of nitrogens with zero attached hydrogens (tertiary/aromatic N) is 3. The zero-order chi connectivity index (χ0) is 16.8. The lowest BCUT2D eigenvalue weighted by molar-refractivity contribution is 0.377. The molecule has 0 amide bonds. The third-order valence-corrected chi connectivity index (χ3v) is 4.21. The molecule has 2 aromatic rings. The zero-order valence-electron chi connectivity index (χ0n) is 14.3. The molecule has 0 radical (unpaired) electrons. The number of hydrogen-bond donors (Lipinski definition) is 1. The number of hydrogen-bond acceptors (Lipinski definition) is 3. The second kappa shape index (κ2) is 7.81. The van der Waals surface area contributed by atoms with Gasteiger partial charge < -0.3 is 15.0 Å². The quantitative estimate of drug-likeness (QED) is 0.694. The first-order valence-corrected chi connectivity index (χ1v) is 8.39. The highest BCUT2D eigenvalue weighted by molar-refractivity contribution is 5.80. The number of nitrogens with one attached hydrogen (secondary N) is 1. The molecule has 0 atom stereocenters. The van der Waals surface area contributed by atoms with E-state index in [1.807, 2.05) is 12.1 Å². The molecule has 5 nitrogen and oxygen atoms in total. The van der Waals surface area contributed by atoms with Gasteiger partial charge in [-0.15, -0.1) is 0 Å². The number of pyridine rings is 1. The van der Waals surface area contributed by atoms with Gasteiger partial charge in [-0.25, -0.2) is 9.98 Å². The maximum absolute atomic E-state index is 5.32. The number of fused-ring (bicyclic) bond motifs is 1. The van der Waals surface area contributed by atoms with Gasteiger partial charge in [-0.2, -0.15) is 0 Å². The first-order chi connectivity index (χ1) is 11.8. The summed E-state index contributed by atoms with van der Waals surface area (Å²) in [5.41, 5.74) is 3.82. The van der Waals surface area contributed by atoms with Crippen LogP contribution < -0.4 is 10.1 Å². The van der Waals surface area contributed by atoms with Crippen LogP contribution in [-0.2, 0) is 19.5 Å². The fourth-order valence-electron chi connectivity index (χ4n) is 2.99. The molecule has 0 fully saturated rings. The Morgan fingerprint density at radius 1 is 1.25 bits per heavy atom. The van der Waals surface area contributed by atoms with E-state index in [0.29, 0.717) is 12.4 Å². The van der Waals surface area contributed by atoms with E-state index < -0.39 is 0 Å². The van der Waals surface area contributed by atoms with E-state index >= 15 is 0 Å². The lowest BCUT2D eigenvalue weighted by atomic mass is 10.0. The predicted molar refractivity (Wildman–Crippen MR) is 96.2 cm³/mol. The molecule has 0 aliphatic carbocycles. The van der Waals surface area contributed by atoms with Crippen LogP contribution >= 0.6 is 0 Å². The van der Waals surface area contributed by atoms with E-state index in [2.05, 4.69) is 46.4 Å². The Labute approximate surface area is 143 Å². The number of ether oxygens (including phenoxy) is 1. The van der Waals surface area contributed by atoms with Crippen LogP contribution in [0.1, 0.15) is 23.6 Å². The first kappa shape index (κ1) is 16.3. The Kier molecular flexibility index (Phi) is 5.31. The van der Waals surface area contributed by atoms with Gasteiger partial charge in [0, 0.05) is 31.4 Å². The van der Waals surface area contributed by atoms with Gasteiger partial charge in [-0.1, -0.05) is 30.3 Å². The van der Waals surface area contributed by atoms with Crippen molar-refractivity contribution >= 4 is 5.96 Å². The standard InChI is InChI=1S/C19H24N4O/c1-3-20-19(22-13-16-9-6-11-21-18(16)24-2)23-12-10-15-7-4-5-8-17(15)14-23/h4-9,11H,3,10,12-14H2,1-2H3,(H,20,22). The highest BCUT2D eigenvalue weighted by Gasteiger charge is 2.18. The molecule has 24 heavy (non-hydrogen) atoms. The van der Waals surface area contributed by atoms with Crippen molar-refractivity contribution in [3.05, 3.63) is 59.3 Å². The summed E-state index contributed by atoms with van der Waals surface area (Å²) in [4.78, 5) is 11.4. The largest absolute Gasteiger partial charge is 0.481 e. The molecule has 1 aliphatic heterocycles. The summed E-state index contributed by atoms with van der Waals surface area (Å²) in [6.07, 6.45) is 2.79. The Hall–Kier alpha value is -2.56. The van der Waals surface area contributed by atoms with Crippen LogP contribution in [0.25, 0.3) is 0 Å². The number of methoxy groups -OCH3 is 1. The molecule has 2 heterocycles. The van der Waals surface area contributed by atoms with E-state index in [4.69, 9.17) is 9.73 Å². The molecule has 0 saturated heterocycles. The fourth-order valence-corrected chi connectivity index (χ4v) is 2.99. The second-order valence-corrected chi connectivity index (χ2v) is 5.78. The summed E-state index contributed by atoms with van der Waals surface area (Å²) >= 11 is 0. The normalized spacial score (nSPS) is 14.2. The Bertz CT molecular complexity index is 714. The van der Waals surface area contributed by atoms with Crippen LogP contribution in [0.5, 0.6) is 5.88 Å². The van der Waals surface area contributed by atoms with Gasteiger partial charge in [0.25, 0.3) is 0 Å². The van der Waals surface area contributed by atoms with Gasteiger partial charge in [-0.3, -0.25) is 0 Å². The highest BCUT2D eigenvalue weighted by atomic mass is 16.5. The molecule has 126 valence electrons. The van der Waals surface area contributed by atoms with Crippen molar-refractivity contribution in [2.75, 3.05) is 20.2 Å². The van der Waals surface area contributed by atoms with Crippen molar-refractivity contribution in [3.8, 4) is 5.88 Å². The average Bonchev–Trinajstić information content (AvgIpc) is 2.65. The van der Waals surface area contributed by atoms with Gasteiger partial charge >= 0.3 is 0 Å². The third-order valence-electron chi connectivity index (χ3n) is 4.21. The van der Waals surface area contributed by atoms with Crippen molar-refractivity contribution in [1.82, 2.24) is 15.2 Å². The number of aromatic nitrogens is 1. The van der Waals surface area contributed by atoms with Crippen molar-refractivity contribution in [1.29, 1.82) is 0 Å². The van der Waals surface area contributed by atoms with E-state index in [-0.39, 0.29) is 0 Å². The molecule has 5 heteroatoms. The van der Waals surface area contributed by atoms with Crippen LogP contribution in [0.15, 0.2) is 47.6 Å². The number of aliphatic imine (C=N–C) groups is 1. The molecular formula is C19H24N4O. The van der Waals surface area contributed by atoms with Crippen molar-refractivity contribution in [2.24, 2.45) is 4.99 Å². The summed E-state index contributed by atoms with van der Waals surface area (Å²) < 4.78 is 5.32. The van der Waals surface area contributed by atoms with Crippen molar-refractivity contribution in [2.45, 2.75) is 26.4 Å². The van der Waals surface area contributed by atoms with E-state index in [1.165, 1.54) is 11.1 Å². The Balaban J connectivity index is 1.77. The Morgan fingerprint density at radius 3 is 2.88 bits per heavy atom. The molecule has 1 aromatic heterocycles. The minimum atomic E-state index is 0.553. The summed E-state index contributed by atoms with van der Waals surface area (Å²) in [6, 6.07) is 12.6. The molecule has 1 aromatic carbocycles. The topological polar surface area (TPSA) is 49.8 Å². The molecule has 0 spiro atoms. The molecule has 0 bridgehead atoms. The molecule has 3 rings (SSSR count). The minimum Gasteiger partial charge on any atom is -0.481 e. The number of benzene rings is 1. The average molecular weight is 324 g/mol. The zero-order valence-corrected chi connectivity index (χ0v) is 14.3. The van der Waals surface area contributed by atoms with E-state index in [1.54, 1.807) is 13.3 Å². The van der Waals surface area contributed by atoms with Gasteiger partial charge in [0.15, 0.2) is 5.96 Å². The molecule has 1 aliphatic rings. The smallest absolute Gasteiger partial charge is 0.218 e. The highest BCUT2D eigenvalue weighted by Crippen LogP contribution is 2.19. The first-order valence-electron chi connectivity index (χ1n) is 8.39. The van der Waals surface area contributed by atoms with E-state index in [9.17, 15) is 0 Å². The van der Waals surface area contributed by atoms with Gasteiger partial charge in [-0.05, 0) is 30.5 Å². The summed E-state index contributed by atoms with van der Waals surface area (Å²) in [7, 11) is 1.64. The maximum atomic E-state index is 5.32. The SMILES string of the molecule is CCNC(=NCc1cccnc1OC)N1CCc2ccccc2C1. The van der Waals surface area contributed by atoms with Crippen molar-refractivity contribution in [3.63, 3.8) is 0 Å².